The average Bonchev–Trinajstić information content (AvgIpc) is 2.33. The van der Waals surface area contributed by atoms with Crippen LogP contribution in [0.2, 0.25) is 0 Å². The fourth-order valence-corrected chi connectivity index (χ4v) is 2.47. The molecule has 0 amide bonds. The highest BCUT2D eigenvalue weighted by Crippen LogP contribution is 2.36. The van der Waals surface area contributed by atoms with Crippen LogP contribution in [0.1, 0.15) is 22.3 Å². The maximum absolute atomic E-state index is 8.82. The van der Waals surface area contributed by atoms with Crippen LogP contribution in [0.4, 0.5) is 0 Å². The molecule has 17 heavy (non-hydrogen) atoms. The van der Waals surface area contributed by atoms with Gasteiger partial charge in [-0.2, -0.15) is 5.26 Å². The summed E-state index contributed by atoms with van der Waals surface area (Å²) in [5.74, 6) is 0.842. The maximum atomic E-state index is 8.82. The SMILES string of the molecule is COc1c(C)c(C)c(Br)c(C)c1CC(N)C#N. The van der Waals surface area contributed by atoms with Crippen LogP contribution in [-0.2, 0) is 6.42 Å². The fourth-order valence-electron chi connectivity index (χ4n) is 1.93. The van der Waals surface area contributed by atoms with Gasteiger partial charge >= 0.3 is 0 Å². The van der Waals surface area contributed by atoms with E-state index in [0.717, 1.165) is 32.5 Å². The van der Waals surface area contributed by atoms with Crippen LogP contribution in [-0.4, -0.2) is 13.2 Å². The summed E-state index contributed by atoms with van der Waals surface area (Å²) >= 11 is 3.58. The summed E-state index contributed by atoms with van der Waals surface area (Å²) in [5.41, 5.74) is 10.1. The molecule has 1 aromatic carbocycles. The Balaban J connectivity index is 3.42. The molecule has 0 heterocycles. The molecule has 1 atom stereocenters. The highest BCUT2D eigenvalue weighted by molar-refractivity contribution is 9.10. The van der Waals surface area contributed by atoms with Gasteiger partial charge in [0.05, 0.1) is 19.2 Å². The smallest absolute Gasteiger partial charge is 0.125 e. The van der Waals surface area contributed by atoms with Gasteiger partial charge in [0, 0.05) is 16.5 Å². The van der Waals surface area contributed by atoms with Gasteiger partial charge in [-0.1, -0.05) is 15.9 Å². The number of nitrogens with zero attached hydrogens (tertiary/aromatic N) is 1. The first-order chi connectivity index (χ1) is 7.93. The Hall–Kier alpha value is -1.05. The van der Waals surface area contributed by atoms with Gasteiger partial charge in [-0.3, -0.25) is 0 Å². The Morgan fingerprint density at radius 2 is 1.88 bits per heavy atom. The molecule has 1 unspecified atom stereocenters. The van der Waals surface area contributed by atoms with Crippen molar-refractivity contribution in [2.75, 3.05) is 7.11 Å². The van der Waals surface area contributed by atoms with Crippen LogP contribution < -0.4 is 10.5 Å². The standard InChI is InChI=1S/C13H17BrN2O/c1-7-8(2)13(17-4)11(5-10(16)6-15)9(3)12(7)14/h10H,5,16H2,1-4H3. The van der Waals surface area contributed by atoms with E-state index < -0.39 is 6.04 Å². The molecule has 3 nitrogen and oxygen atoms in total. The molecule has 4 heteroatoms. The monoisotopic (exact) mass is 296 g/mol. The minimum atomic E-state index is -0.503. The van der Waals surface area contributed by atoms with Crippen molar-refractivity contribution < 1.29 is 4.74 Å². The van der Waals surface area contributed by atoms with Crippen LogP contribution >= 0.6 is 15.9 Å². The number of nitriles is 1. The number of methoxy groups -OCH3 is 1. The van der Waals surface area contributed by atoms with Gasteiger partial charge in [-0.05, 0) is 37.5 Å². The summed E-state index contributed by atoms with van der Waals surface area (Å²) in [6, 6.07) is 1.55. The van der Waals surface area contributed by atoms with Crippen molar-refractivity contribution >= 4 is 15.9 Å². The van der Waals surface area contributed by atoms with E-state index in [1.165, 1.54) is 0 Å². The van der Waals surface area contributed by atoms with Crippen LogP contribution in [0.15, 0.2) is 4.47 Å². The molecule has 0 radical (unpaired) electrons. The summed E-state index contributed by atoms with van der Waals surface area (Å²) in [7, 11) is 1.65. The lowest BCUT2D eigenvalue weighted by molar-refractivity contribution is 0.404. The maximum Gasteiger partial charge on any atom is 0.125 e. The van der Waals surface area contributed by atoms with Gasteiger partial charge in [0.2, 0.25) is 0 Å². The van der Waals surface area contributed by atoms with Crippen molar-refractivity contribution in [3.8, 4) is 11.8 Å². The van der Waals surface area contributed by atoms with Crippen LogP contribution in [0.5, 0.6) is 5.75 Å². The topological polar surface area (TPSA) is 59.0 Å². The molecule has 1 rings (SSSR count). The minimum Gasteiger partial charge on any atom is -0.496 e. The van der Waals surface area contributed by atoms with Gasteiger partial charge in [0.25, 0.3) is 0 Å². The van der Waals surface area contributed by atoms with E-state index in [-0.39, 0.29) is 0 Å². The number of benzene rings is 1. The molecule has 0 fully saturated rings. The largest absolute Gasteiger partial charge is 0.496 e. The number of hydrogen-bond donors (Lipinski definition) is 1. The minimum absolute atomic E-state index is 0.503. The molecule has 0 aliphatic carbocycles. The molecule has 0 spiro atoms. The summed E-state index contributed by atoms with van der Waals surface area (Å²) < 4.78 is 6.52. The van der Waals surface area contributed by atoms with Crippen molar-refractivity contribution in [1.29, 1.82) is 5.26 Å². The third-order valence-electron chi connectivity index (χ3n) is 3.08. The first-order valence-electron chi connectivity index (χ1n) is 5.41. The molecule has 0 saturated carbocycles. The van der Waals surface area contributed by atoms with E-state index in [0.29, 0.717) is 6.42 Å². The molecule has 92 valence electrons. The number of nitrogens with two attached hydrogens (primary N) is 1. The van der Waals surface area contributed by atoms with Crippen molar-refractivity contribution in [2.24, 2.45) is 5.73 Å². The zero-order valence-corrected chi connectivity index (χ0v) is 12.2. The third kappa shape index (κ3) is 2.62. The van der Waals surface area contributed by atoms with Gasteiger partial charge in [-0.15, -0.1) is 0 Å². The Morgan fingerprint density at radius 3 is 2.35 bits per heavy atom. The normalized spacial score (nSPS) is 12.1. The quantitative estimate of drug-likeness (QED) is 0.933. The van der Waals surface area contributed by atoms with Crippen LogP contribution in [0, 0.1) is 32.1 Å². The molecular weight excluding hydrogens is 280 g/mol. The second kappa shape index (κ2) is 5.52. The molecule has 0 aliphatic heterocycles. The zero-order valence-electron chi connectivity index (χ0n) is 10.6. The fraction of sp³-hybridized carbons (Fsp3) is 0.462. The molecule has 2 N–H and O–H groups in total. The lowest BCUT2D eigenvalue weighted by Gasteiger charge is -2.19. The molecule has 0 aliphatic rings. The Morgan fingerprint density at radius 1 is 1.29 bits per heavy atom. The van der Waals surface area contributed by atoms with E-state index in [4.69, 9.17) is 15.7 Å². The van der Waals surface area contributed by atoms with Gasteiger partial charge in [0.1, 0.15) is 5.75 Å². The third-order valence-corrected chi connectivity index (χ3v) is 4.27. The zero-order chi connectivity index (χ0) is 13.2. The van der Waals surface area contributed by atoms with Gasteiger partial charge < -0.3 is 10.5 Å². The molecule has 0 bridgehead atoms. The second-order valence-corrected chi connectivity index (χ2v) is 4.93. The highest BCUT2D eigenvalue weighted by atomic mass is 79.9. The van der Waals surface area contributed by atoms with Crippen LogP contribution in [0.25, 0.3) is 0 Å². The lowest BCUT2D eigenvalue weighted by atomic mass is 9.95. The van der Waals surface area contributed by atoms with E-state index in [1.54, 1.807) is 7.11 Å². The number of rotatable bonds is 3. The predicted octanol–water partition coefficient (Wildman–Crippen LogP) is 2.78. The van der Waals surface area contributed by atoms with Gasteiger partial charge in [-0.25, -0.2) is 0 Å². The van der Waals surface area contributed by atoms with Crippen LogP contribution in [0.3, 0.4) is 0 Å². The summed E-state index contributed by atoms with van der Waals surface area (Å²) in [6.07, 6.45) is 0.505. The van der Waals surface area contributed by atoms with E-state index in [1.807, 2.05) is 20.8 Å². The van der Waals surface area contributed by atoms with Crippen molar-refractivity contribution in [3.05, 3.63) is 26.7 Å². The molecule has 1 aromatic rings. The van der Waals surface area contributed by atoms with Crippen molar-refractivity contribution in [3.63, 3.8) is 0 Å². The Kier molecular flexibility index (Phi) is 4.55. The van der Waals surface area contributed by atoms with Gasteiger partial charge in [0.15, 0.2) is 0 Å². The van der Waals surface area contributed by atoms with E-state index in [2.05, 4.69) is 22.0 Å². The van der Waals surface area contributed by atoms with Crippen molar-refractivity contribution in [2.45, 2.75) is 33.2 Å². The molecule has 0 saturated heterocycles. The Bertz CT molecular complexity index is 478. The number of halogens is 1. The predicted molar refractivity (Wildman–Crippen MR) is 72.2 cm³/mol. The molecular formula is C13H17BrN2O. The van der Waals surface area contributed by atoms with E-state index in [9.17, 15) is 0 Å². The molecule has 0 aromatic heterocycles. The number of hydrogen-bond acceptors (Lipinski definition) is 3. The first kappa shape index (κ1) is 14.0. The Labute approximate surface area is 111 Å². The summed E-state index contributed by atoms with van der Waals surface area (Å²) in [4.78, 5) is 0. The number of ether oxygens (including phenoxy) is 1. The highest BCUT2D eigenvalue weighted by Gasteiger charge is 2.18. The average molecular weight is 297 g/mol. The first-order valence-corrected chi connectivity index (χ1v) is 6.20. The summed E-state index contributed by atoms with van der Waals surface area (Å²) in [6.45, 7) is 6.07. The van der Waals surface area contributed by atoms with Crippen molar-refractivity contribution in [1.82, 2.24) is 0 Å². The second-order valence-electron chi connectivity index (χ2n) is 4.14. The lowest BCUT2D eigenvalue weighted by Crippen LogP contribution is -2.21. The van der Waals surface area contributed by atoms with E-state index >= 15 is 0 Å². The summed E-state index contributed by atoms with van der Waals surface area (Å²) in [5, 5.41) is 8.82.